The summed E-state index contributed by atoms with van der Waals surface area (Å²) in [7, 11) is 0. The zero-order valence-corrected chi connectivity index (χ0v) is 11.6. The topological polar surface area (TPSA) is 43.1 Å². The number of hydrogen-bond donors (Lipinski definition) is 1. The Bertz CT molecular complexity index is 406. The molecule has 1 aromatic rings. The van der Waals surface area contributed by atoms with Gasteiger partial charge >= 0.3 is 0 Å². The largest absolute Gasteiger partial charge is 0.327 e. The number of carbonyl (C=O) groups is 1. The van der Waals surface area contributed by atoms with Crippen molar-refractivity contribution < 1.29 is 9.18 Å². The van der Waals surface area contributed by atoms with Crippen LogP contribution in [-0.2, 0) is 11.2 Å². The first-order chi connectivity index (χ1) is 7.90. The minimum Gasteiger partial charge on any atom is -0.327 e. The lowest BCUT2D eigenvalue weighted by Crippen LogP contribution is -2.29. The van der Waals surface area contributed by atoms with Crippen molar-refractivity contribution in [3.63, 3.8) is 0 Å². The number of benzene rings is 1. The van der Waals surface area contributed by atoms with E-state index in [0.29, 0.717) is 23.2 Å². The number of rotatable bonds is 5. The lowest BCUT2D eigenvalue weighted by atomic mass is 9.97. The van der Waals surface area contributed by atoms with Crippen LogP contribution in [0.5, 0.6) is 0 Å². The maximum absolute atomic E-state index is 13.0. The lowest BCUT2D eigenvalue weighted by molar-refractivity contribution is -0.118. The summed E-state index contributed by atoms with van der Waals surface area (Å²) in [6, 6.07) is 4.51. The van der Waals surface area contributed by atoms with Crippen molar-refractivity contribution in [1.29, 1.82) is 0 Å². The Balaban J connectivity index is 2.59. The quantitative estimate of drug-likeness (QED) is 0.908. The van der Waals surface area contributed by atoms with Gasteiger partial charge in [-0.3, -0.25) is 4.79 Å². The number of nitrogens with two attached hydrogens (primary N) is 1. The van der Waals surface area contributed by atoms with Crippen LogP contribution in [0.2, 0.25) is 0 Å². The zero-order valence-electron chi connectivity index (χ0n) is 10.0. The minimum atomic E-state index is -0.319. The fraction of sp³-hybridized carbons (Fsp3) is 0.462. The van der Waals surface area contributed by atoms with Gasteiger partial charge in [0.1, 0.15) is 11.6 Å². The Hall–Kier alpha value is -0.740. The van der Waals surface area contributed by atoms with Crippen molar-refractivity contribution in [3.8, 4) is 0 Å². The summed E-state index contributed by atoms with van der Waals surface area (Å²) >= 11 is 3.10. The molecule has 0 aliphatic rings. The Labute approximate surface area is 110 Å². The van der Waals surface area contributed by atoms with E-state index in [-0.39, 0.29) is 17.6 Å². The zero-order chi connectivity index (χ0) is 13.0. The molecule has 1 unspecified atom stereocenters. The molecule has 2 nitrogen and oxygen atoms in total. The van der Waals surface area contributed by atoms with E-state index in [9.17, 15) is 9.18 Å². The number of Topliss-reactive ketones (excluding diaryl/α,β-unsaturated/α-hetero) is 1. The van der Waals surface area contributed by atoms with Crippen LogP contribution in [0, 0.1) is 11.7 Å². The van der Waals surface area contributed by atoms with Crippen molar-refractivity contribution in [2.75, 3.05) is 0 Å². The van der Waals surface area contributed by atoms with Gasteiger partial charge in [-0.1, -0.05) is 19.9 Å². The molecule has 0 spiro atoms. The standard InChI is InChI=1S/C13H17BrFNO/c1-8(2)13(16)7-10(17)5-9-3-4-12(15)11(14)6-9/h3-4,6,8,13H,5,7,16H2,1-2H3. The van der Waals surface area contributed by atoms with Crippen LogP contribution in [-0.4, -0.2) is 11.8 Å². The van der Waals surface area contributed by atoms with Crippen LogP contribution in [0.15, 0.2) is 22.7 Å². The molecular weight excluding hydrogens is 285 g/mol. The number of hydrogen-bond acceptors (Lipinski definition) is 2. The highest BCUT2D eigenvalue weighted by atomic mass is 79.9. The van der Waals surface area contributed by atoms with Gasteiger partial charge in [-0.25, -0.2) is 4.39 Å². The van der Waals surface area contributed by atoms with Gasteiger partial charge in [0, 0.05) is 18.9 Å². The molecule has 1 rings (SSSR count). The molecule has 0 radical (unpaired) electrons. The van der Waals surface area contributed by atoms with Crippen LogP contribution >= 0.6 is 15.9 Å². The van der Waals surface area contributed by atoms with E-state index in [1.807, 2.05) is 13.8 Å². The molecule has 0 saturated heterocycles. The molecule has 0 heterocycles. The summed E-state index contributed by atoms with van der Waals surface area (Å²) in [6.07, 6.45) is 0.673. The summed E-state index contributed by atoms with van der Waals surface area (Å²) < 4.78 is 13.4. The van der Waals surface area contributed by atoms with E-state index in [2.05, 4.69) is 15.9 Å². The molecule has 0 fully saturated rings. The van der Waals surface area contributed by atoms with Gasteiger partial charge in [0.05, 0.1) is 4.47 Å². The molecule has 0 aliphatic carbocycles. The fourth-order valence-electron chi connectivity index (χ4n) is 1.45. The lowest BCUT2D eigenvalue weighted by Gasteiger charge is -2.14. The van der Waals surface area contributed by atoms with Gasteiger partial charge in [-0.05, 0) is 39.5 Å². The van der Waals surface area contributed by atoms with Gasteiger partial charge in [0.15, 0.2) is 0 Å². The Kier molecular flexibility index (Phi) is 5.28. The average Bonchev–Trinajstić information content (AvgIpc) is 2.23. The molecule has 4 heteroatoms. The normalized spacial score (nSPS) is 12.8. The van der Waals surface area contributed by atoms with Crippen LogP contribution in [0.3, 0.4) is 0 Å². The molecule has 0 aliphatic heterocycles. The summed E-state index contributed by atoms with van der Waals surface area (Å²) in [4.78, 5) is 11.7. The predicted octanol–water partition coefficient (Wildman–Crippen LogP) is 3.07. The maximum Gasteiger partial charge on any atom is 0.138 e. The van der Waals surface area contributed by atoms with Gasteiger partial charge in [0.2, 0.25) is 0 Å². The van der Waals surface area contributed by atoms with Crippen LogP contribution in [0.4, 0.5) is 4.39 Å². The monoisotopic (exact) mass is 301 g/mol. The maximum atomic E-state index is 13.0. The first-order valence-electron chi connectivity index (χ1n) is 5.61. The Morgan fingerprint density at radius 1 is 1.47 bits per heavy atom. The number of halogens is 2. The predicted molar refractivity (Wildman–Crippen MR) is 70.2 cm³/mol. The second-order valence-corrected chi connectivity index (χ2v) is 5.43. The molecular formula is C13H17BrFNO. The number of carbonyl (C=O) groups excluding carboxylic acids is 1. The first kappa shape index (κ1) is 14.3. The summed E-state index contributed by atoms with van der Waals surface area (Å²) in [5, 5.41) is 0. The highest BCUT2D eigenvalue weighted by Gasteiger charge is 2.13. The summed E-state index contributed by atoms with van der Waals surface area (Å²) in [5.74, 6) is 0.0590. The van der Waals surface area contributed by atoms with E-state index in [4.69, 9.17) is 5.73 Å². The second kappa shape index (κ2) is 6.26. The molecule has 17 heavy (non-hydrogen) atoms. The average molecular weight is 302 g/mol. The third-order valence-electron chi connectivity index (χ3n) is 2.70. The van der Waals surface area contributed by atoms with Crippen molar-refractivity contribution in [2.24, 2.45) is 11.7 Å². The molecule has 0 bridgehead atoms. The SMILES string of the molecule is CC(C)C(N)CC(=O)Cc1ccc(F)c(Br)c1. The third kappa shape index (κ3) is 4.56. The highest BCUT2D eigenvalue weighted by molar-refractivity contribution is 9.10. The van der Waals surface area contributed by atoms with Crippen LogP contribution in [0.1, 0.15) is 25.8 Å². The molecule has 1 atom stereocenters. The van der Waals surface area contributed by atoms with Crippen molar-refractivity contribution in [3.05, 3.63) is 34.1 Å². The highest BCUT2D eigenvalue weighted by Crippen LogP contribution is 2.18. The van der Waals surface area contributed by atoms with Crippen molar-refractivity contribution in [2.45, 2.75) is 32.7 Å². The Morgan fingerprint density at radius 2 is 2.12 bits per heavy atom. The van der Waals surface area contributed by atoms with E-state index >= 15 is 0 Å². The summed E-state index contributed by atoms with van der Waals surface area (Å²) in [5.41, 5.74) is 6.64. The number of ketones is 1. The van der Waals surface area contributed by atoms with Gasteiger partial charge in [0.25, 0.3) is 0 Å². The van der Waals surface area contributed by atoms with Crippen LogP contribution < -0.4 is 5.73 Å². The van der Waals surface area contributed by atoms with E-state index in [1.165, 1.54) is 6.07 Å². The van der Waals surface area contributed by atoms with Crippen LogP contribution in [0.25, 0.3) is 0 Å². The second-order valence-electron chi connectivity index (χ2n) is 4.58. The summed E-state index contributed by atoms with van der Waals surface area (Å²) in [6.45, 7) is 3.98. The third-order valence-corrected chi connectivity index (χ3v) is 3.31. The molecule has 0 aromatic heterocycles. The van der Waals surface area contributed by atoms with E-state index in [1.54, 1.807) is 12.1 Å². The van der Waals surface area contributed by atoms with Gasteiger partial charge < -0.3 is 5.73 Å². The Morgan fingerprint density at radius 3 is 2.65 bits per heavy atom. The smallest absolute Gasteiger partial charge is 0.138 e. The minimum absolute atomic E-state index is 0.0877. The fourth-order valence-corrected chi connectivity index (χ4v) is 1.87. The van der Waals surface area contributed by atoms with Crippen molar-refractivity contribution >= 4 is 21.7 Å². The van der Waals surface area contributed by atoms with Gasteiger partial charge in [-0.2, -0.15) is 0 Å². The van der Waals surface area contributed by atoms with Crippen molar-refractivity contribution in [1.82, 2.24) is 0 Å². The van der Waals surface area contributed by atoms with Gasteiger partial charge in [-0.15, -0.1) is 0 Å². The molecule has 0 saturated carbocycles. The van der Waals surface area contributed by atoms with E-state index in [0.717, 1.165) is 5.56 Å². The first-order valence-corrected chi connectivity index (χ1v) is 6.40. The molecule has 2 N–H and O–H groups in total. The molecule has 94 valence electrons. The molecule has 0 amide bonds. The molecule has 1 aromatic carbocycles. The van der Waals surface area contributed by atoms with E-state index < -0.39 is 0 Å².